The summed E-state index contributed by atoms with van der Waals surface area (Å²) < 4.78 is 37.7. The van der Waals surface area contributed by atoms with Gasteiger partial charge in [-0.05, 0) is 134 Å². The lowest BCUT2D eigenvalue weighted by atomic mass is 9.48. The molecule has 1 unspecified atom stereocenters. The van der Waals surface area contributed by atoms with Gasteiger partial charge in [-0.25, -0.2) is 19.6 Å². The van der Waals surface area contributed by atoms with Gasteiger partial charge in [0.15, 0.2) is 34.8 Å². The number of ketones is 1. The molecule has 3 aliphatic carbocycles. The Kier molecular flexibility index (Phi) is 22.8. The number of aliphatic carboxylic acids is 1. The molecule has 2 saturated carbocycles. The van der Waals surface area contributed by atoms with Crippen LogP contribution in [0.15, 0.2) is 156 Å². The Labute approximate surface area is 610 Å². The molecule has 0 spiro atoms. The van der Waals surface area contributed by atoms with E-state index in [9.17, 15) is 58.8 Å². The molecule has 29 nitrogen and oxygen atoms in total. The van der Waals surface area contributed by atoms with Crippen molar-refractivity contribution in [3.05, 3.63) is 190 Å². The molecule has 2 bridgehead atoms. The minimum absolute atomic E-state index is 0.0521. The first-order valence-electron chi connectivity index (χ1n) is 34.6. The number of carbonyl (C=O) groups excluding carboxylic acids is 8. The molecule has 3 amide bonds. The highest BCUT2D eigenvalue weighted by Crippen LogP contribution is 2.61. The maximum absolute atomic E-state index is 15.6. The van der Waals surface area contributed by atoms with E-state index in [0.717, 1.165) is 19.0 Å². The van der Waals surface area contributed by atoms with Gasteiger partial charge >= 0.3 is 29.8 Å². The number of nitrogen functional groups attached to an aromatic ring is 1. The molecular weight excluding hydrogens is 1400 g/mol. The lowest BCUT2D eigenvalue weighted by Crippen LogP contribution is -2.80. The molecule has 12 atom stereocenters. The molecular formula is C75H83N9O20Si2. The molecule has 556 valence electrons. The average molecular weight is 1490 g/mol. The average Bonchev–Trinajstić information content (AvgIpc) is 0.679. The number of nitrogens with one attached hydrogen (secondary N) is 5. The predicted octanol–water partition coefficient (Wildman–Crippen LogP) is 4.86. The van der Waals surface area contributed by atoms with E-state index in [1.54, 1.807) is 97.1 Å². The van der Waals surface area contributed by atoms with Crippen LogP contribution in [0.1, 0.15) is 114 Å². The van der Waals surface area contributed by atoms with Gasteiger partial charge in [0.2, 0.25) is 28.5 Å². The third kappa shape index (κ3) is 16.7. The molecule has 1 saturated heterocycles. The number of fused-ring (bicyclic) bond motifs is 6. The minimum Gasteiger partial charge on any atom is -0.481 e. The number of H-pyrrole nitrogens is 1. The number of anilines is 3. The Morgan fingerprint density at radius 2 is 1.42 bits per heavy atom. The highest BCUT2D eigenvalue weighted by molar-refractivity contribution is 6.97. The summed E-state index contributed by atoms with van der Waals surface area (Å²) in [4.78, 5) is 150. The number of carboxylic acid groups (broad SMARTS) is 1. The van der Waals surface area contributed by atoms with Gasteiger partial charge < -0.3 is 75.2 Å². The second-order valence-electron chi connectivity index (χ2n) is 28.0. The van der Waals surface area contributed by atoms with Crippen molar-refractivity contribution in [3.63, 3.8) is 0 Å². The van der Waals surface area contributed by atoms with Gasteiger partial charge in [-0.3, -0.25) is 43.3 Å². The van der Waals surface area contributed by atoms with Crippen LogP contribution < -0.4 is 42.9 Å². The van der Waals surface area contributed by atoms with Crippen molar-refractivity contribution in [2.75, 3.05) is 29.5 Å². The van der Waals surface area contributed by atoms with E-state index >= 15 is 9.59 Å². The quantitative estimate of drug-likeness (QED) is 0.0108. The fraction of sp³-hybridized carbons (Fsp3) is 0.373. The summed E-state index contributed by atoms with van der Waals surface area (Å²) in [6.45, 7) is 9.45. The second kappa shape index (κ2) is 31.6. The number of rotatable bonds is 27. The lowest BCUT2D eigenvalue weighted by Gasteiger charge is -2.65. The molecule has 106 heavy (non-hydrogen) atoms. The van der Waals surface area contributed by atoms with Gasteiger partial charge in [-0.2, -0.15) is 4.98 Å². The smallest absolute Gasteiger partial charge is 0.338 e. The molecule has 11 rings (SSSR count). The number of aliphatic hydroxyl groups is 3. The van der Waals surface area contributed by atoms with Crippen LogP contribution in [0.4, 0.5) is 17.3 Å². The summed E-state index contributed by atoms with van der Waals surface area (Å²) in [7, 11) is -6.15. The number of aromatic nitrogens is 4. The normalized spacial score (nSPS) is 23.5. The molecule has 31 heteroatoms. The summed E-state index contributed by atoms with van der Waals surface area (Å²) in [5, 5.41) is 60.6. The lowest BCUT2D eigenvalue weighted by molar-refractivity contribution is -0.340. The van der Waals surface area contributed by atoms with E-state index in [1.165, 1.54) is 43.5 Å². The first-order chi connectivity index (χ1) is 50.4. The molecule has 5 aromatic carbocycles. The summed E-state index contributed by atoms with van der Waals surface area (Å²) in [6, 6.07) is 35.4. The van der Waals surface area contributed by atoms with Crippen molar-refractivity contribution in [1.82, 2.24) is 30.6 Å². The highest BCUT2D eigenvalue weighted by Gasteiger charge is 2.76. The number of Topliss-reactive ketones (excluding diaryl/α,β-unsaturated/α-hetero) is 1. The first-order valence-corrected chi connectivity index (χ1v) is 40.1. The number of ether oxygens (including phenoxy) is 5. The summed E-state index contributed by atoms with van der Waals surface area (Å²) in [5.41, 5.74) is 1.21. The minimum atomic E-state index is -3.09. The van der Waals surface area contributed by atoms with Crippen molar-refractivity contribution < 1.29 is 91.4 Å². The second-order valence-corrected chi connectivity index (χ2v) is 35.9. The molecule has 1 aliphatic heterocycles. The Morgan fingerprint density at radius 1 is 0.774 bits per heavy atom. The number of amides is 3. The van der Waals surface area contributed by atoms with Crippen LogP contribution >= 0.6 is 0 Å². The van der Waals surface area contributed by atoms with Crippen molar-refractivity contribution >= 4 is 109 Å². The van der Waals surface area contributed by atoms with Crippen molar-refractivity contribution in [2.24, 2.45) is 11.3 Å². The maximum Gasteiger partial charge on any atom is 0.338 e. The standard InChI is InChI=1S/C75H83N9O20Si2/c1-42(85)100-62-48-35-52(101-71(97)61(91)59(44-15-9-7-10-16-44)82-68(94)45-17-11-8-12-18-45)38-74(98,37-48)65(63-73(3,64(62)92)55(87)36-56-75(63,41-99-56)103-43(2)86)102-70(96)47-23-29-53(30-24-47)105(4,5)104-106(6,34-14-20-58(89)90)54-31-27-50(28-32-54)80-57(88)19-13-33-77-67(93)46-21-25-49(26-22-46)78-39-51-40-79-66-60(81-51)69(95)84-72(76)83-66/h7-12,15-18,21-32,35,40,52,55-56,59,61-63,65,78,87,91,98H,13-14,19-20,33-34,36-39,41H2,1-6H3,(H,77,93)(H,80,88)(H,82,94)(H,89,90)(H3,76,79,83,84,95)/t52-,55+,56-,59+,61-,62-,63+,65+,73-,74-,75+,106?/m1/s1. The predicted molar refractivity (Wildman–Crippen MR) is 388 cm³/mol. The molecule has 7 aromatic rings. The fourth-order valence-corrected chi connectivity index (χ4v) is 23.6. The number of aliphatic hydroxyl groups excluding tert-OH is 2. The molecule has 11 N–H and O–H groups in total. The third-order valence-electron chi connectivity index (χ3n) is 20.0. The number of nitrogens with two attached hydrogens (primary N) is 1. The molecule has 2 aromatic heterocycles. The van der Waals surface area contributed by atoms with Gasteiger partial charge in [0.05, 0.1) is 54.1 Å². The van der Waals surface area contributed by atoms with Crippen molar-refractivity contribution in [3.8, 4) is 0 Å². The van der Waals surface area contributed by atoms with E-state index in [-0.39, 0.29) is 84.4 Å². The van der Waals surface area contributed by atoms with Gasteiger partial charge in [-0.15, -0.1) is 0 Å². The topological polar surface area (TPSA) is 436 Å². The summed E-state index contributed by atoms with van der Waals surface area (Å²) >= 11 is 0. The number of carbonyl (C=O) groups is 9. The number of hydrogen-bond donors (Lipinski definition) is 10. The van der Waals surface area contributed by atoms with Crippen LogP contribution in [-0.2, 0) is 63.1 Å². The summed E-state index contributed by atoms with van der Waals surface area (Å²) in [5.74, 6) is -9.04. The Hall–Kier alpha value is -10.7. The molecule has 3 heterocycles. The SMILES string of the molecule is CC(=O)O[C@H]1C(=O)[C@@]2(C)[C@H]([C@H](OC(=O)c3ccc([Si](C)(C)O[Si](C)(CCCC(=O)O)c4ccc(NC(=O)CCCNC(=O)c5ccc(NCc6cnc7nc(N)[nH]c(=O)c7n6)cc5)cc4)cc3)[C@@]3(O)CC1=C[C@@H](OC(=O)[C@H](O)[C@@H](NC(=O)c1ccccc1)c1ccccc1)C3)[C@]1(OC(C)=O)CO[C@@H]1C[C@@H]2O. The van der Waals surface area contributed by atoms with Crippen LogP contribution in [0.5, 0.6) is 0 Å². The third-order valence-corrected chi connectivity index (χ3v) is 28.4. The van der Waals surface area contributed by atoms with Crippen LogP contribution in [0, 0.1) is 11.3 Å². The molecule has 4 aliphatic rings. The van der Waals surface area contributed by atoms with Crippen molar-refractivity contribution in [2.45, 2.75) is 152 Å². The first kappa shape index (κ1) is 76.5. The van der Waals surface area contributed by atoms with Gasteiger partial charge in [0, 0.05) is 75.0 Å². The monoisotopic (exact) mass is 1490 g/mol. The van der Waals surface area contributed by atoms with Crippen LogP contribution in [0.3, 0.4) is 0 Å². The van der Waals surface area contributed by atoms with Crippen LogP contribution in [0.2, 0.25) is 25.7 Å². The Balaban J connectivity index is 0.781. The van der Waals surface area contributed by atoms with Gasteiger partial charge in [0.25, 0.3) is 17.4 Å². The number of aromatic amines is 1. The van der Waals surface area contributed by atoms with Gasteiger partial charge in [-0.1, -0.05) is 72.8 Å². The Morgan fingerprint density at radius 3 is 2.08 bits per heavy atom. The van der Waals surface area contributed by atoms with Crippen molar-refractivity contribution in [1.29, 1.82) is 0 Å². The van der Waals surface area contributed by atoms with E-state index in [1.807, 2.05) is 31.8 Å². The number of carboxylic acids is 1. The van der Waals surface area contributed by atoms with E-state index in [4.69, 9.17) is 33.5 Å². The number of hydrogen-bond acceptors (Lipinski definition) is 24. The number of benzene rings is 5. The van der Waals surface area contributed by atoms with E-state index < -0.39 is 148 Å². The summed E-state index contributed by atoms with van der Waals surface area (Å²) in [6.07, 6.45) is -8.39. The molecule has 3 fully saturated rings. The Bertz CT molecular complexity index is 4590. The molecule has 0 radical (unpaired) electrons. The van der Waals surface area contributed by atoms with E-state index in [2.05, 4.69) is 41.2 Å². The zero-order chi connectivity index (χ0) is 76.0. The fourth-order valence-electron chi connectivity index (χ4n) is 14.7. The maximum atomic E-state index is 15.6. The van der Waals surface area contributed by atoms with Crippen LogP contribution in [0.25, 0.3) is 11.2 Å². The number of nitrogens with zero attached hydrogens (tertiary/aromatic N) is 3. The van der Waals surface area contributed by atoms with Gasteiger partial charge in [0.1, 0.15) is 23.9 Å². The zero-order valence-electron chi connectivity index (χ0n) is 59.0. The number of esters is 4. The van der Waals surface area contributed by atoms with Crippen LogP contribution in [-0.4, -0.2) is 171 Å². The highest BCUT2D eigenvalue weighted by atomic mass is 28.4. The zero-order valence-corrected chi connectivity index (χ0v) is 61.0. The largest absolute Gasteiger partial charge is 0.481 e. The van der Waals surface area contributed by atoms with E-state index in [0.29, 0.717) is 45.8 Å².